The molecule has 1 aliphatic rings. The van der Waals surface area contributed by atoms with Crippen LogP contribution < -0.4 is 9.88 Å². The first-order valence-corrected chi connectivity index (χ1v) is 11.3. The van der Waals surface area contributed by atoms with Crippen molar-refractivity contribution in [2.75, 3.05) is 5.32 Å². The summed E-state index contributed by atoms with van der Waals surface area (Å²) in [5, 5.41) is 3.47. The molecule has 3 aromatic carbocycles. The SMILES string of the molecule is O=C1C(Cc2ccco2)Nc2c(-c3ccccc3)nc(-c3ccccc3)c(-c3ccccc3)[n+]21. The Morgan fingerprint density at radius 1 is 0.735 bits per heavy atom. The molecule has 1 aliphatic heterocycles. The minimum Gasteiger partial charge on any atom is -0.469 e. The largest absolute Gasteiger partial charge is 0.469 e. The fraction of sp³-hybridized carbons (Fsp3) is 0.0690. The van der Waals surface area contributed by atoms with Crippen LogP contribution in [0.5, 0.6) is 0 Å². The van der Waals surface area contributed by atoms with Crippen molar-refractivity contribution < 1.29 is 13.8 Å². The van der Waals surface area contributed by atoms with E-state index in [1.165, 1.54) is 0 Å². The second kappa shape index (κ2) is 8.45. The number of furan rings is 1. The van der Waals surface area contributed by atoms with Crippen LogP contribution in [0.15, 0.2) is 114 Å². The van der Waals surface area contributed by atoms with Gasteiger partial charge in [0.2, 0.25) is 6.04 Å². The number of anilines is 1. The third-order valence-corrected chi connectivity index (χ3v) is 6.08. The van der Waals surface area contributed by atoms with E-state index in [0.29, 0.717) is 12.2 Å². The maximum absolute atomic E-state index is 13.9. The monoisotopic (exact) mass is 444 g/mol. The maximum atomic E-state index is 13.9. The van der Waals surface area contributed by atoms with E-state index in [2.05, 4.69) is 5.32 Å². The number of fused-ring (bicyclic) bond motifs is 1. The summed E-state index contributed by atoms with van der Waals surface area (Å²) in [6.45, 7) is 0. The normalized spacial score (nSPS) is 14.6. The minimum atomic E-state index is -0.455. The highest BCUT2D eigenvalue weighted by atomic mass is 16.3. The number of hydrogen-bond donors (Lipinski definition) is 1. The van der Waals surface area contributed by atoms with Crippen LogP contribution in [-0.2, 0) is 6.42 Å². The van der Waals surface area contributed by atoms with Crippen LogP contribution in [0, 0.1) is 0 Å². The molecule has 5 heteroatoms. The van der Waals surface area contributed by atoms with Crippen LogP contribution in [-0.4, -0.2) is 16.9 Å². The number of aromatic nitrogens is 2. The smallest absolute Gasteiger partial charge is 0.360 e. The third-order valence-electron chi connectivity index (χ3n) is 6.08. The maximum Gasteiger partial charge on any atom is 0.360 e. The molecule has 0 aliphatic carbocycles. The third kappa shape index (κ3) is 3.48. The summed E-state index contributed by atoms with van der Waals surface area (Å²) in [4.78, 5) is 19.1. The van der Waals surface area contributed by atoms with E-state index >= 15 is 0 Å². The standard InChI is InChI=1S/C29H21N3O2/c33-29-24(19-23-17-10-18-34-23)30-28-26(21-13-6-2-7-14-21)31-25(20-11-4-1-5-12-20)27(32(28)29)22-15-8-3-9-16-22/h1-18,24H,19H2/p+1. The molecule has 1 unspecified atom stereocenters. The summed E-state index contributed by atoms with van der Waals surface area (Å²) in [7, 11) is 0. The minimum absolute atomic E-state index is 0.0259. The lowest BCUT2D eigenvalue weighted by atomic mass is 10.0. The molecule has 0 fully saturated rings. The molecule has 0 saturated heterocycles. The van der Waals surface area contributed by atoms with Crippen molar-refractivity contribution in [3.05, 3.63) is 115 Å². The van der Waals surface area contributed by atoms with Crippen LogP contribution in [0.3, 0.4) is 0 Å². The summed E-state index contributed by atoms with van der Waals surface area (Å²) in [6.07, 6.45) is 2.09. The lowest BCUT2D eigenvalue weighted by Gasteiger charge is -2.13. The highest BCUT2D eigenvalue weighted by molar-refractivity contribution is 5.91. The van der Waals surface area contributed by atoms with Gasteiger partial charge in [0, 0.05) is 16.7 Å². The lowest BCUT2D eigenvalue weighted by Crippen LogP contribution is -2.46. The van der Waals surface area contributed by atoms with E-state index in [9.17, 15) is 4.79 Å². The quantitative estimate of drug-likeness (QED) is 0.357. The van der Waals surface area contributed by atoms with Crippen LogP contribution in [0.4, 0.5) is 5.82 Å². The predicted octanol–water partition coefficient (Wildman–Crippen LogP) is 5.64. The van der Waals surface area contributed by atoms with Gasteiger partial charge < -0.3 is 4.42 Å². The Balaban J connectivity index is 1.63. The Bertz CT molecular complexity index is 1450. The number of carbonyl (C=O) groups is 1. The Hall–Kier alpha value is -4.51. The Kier molecular flexibility index (Phi) is 5.00. The number of hydrogen-bond acceptors (Lipinski definition) is 4. The van der Waals surface area contributed by atoms with Crippen molar-refractivity contribution in [3.63, 3.8) is 0 Å². The molecule has 5 aromatic rings. The van der Waals surface area contributed by atoms with E-state index in [1.54, 1.807) is 10.8 Å². The van der Waals surface area contributed by atoms with E-state index in [1.807, 2.05) is 103 Å². The number of carbonyl (C=O) groups excluding carboxylic acids is 1. The molecule has 6 rings (SSSR count). The lowest BCUT2D eigenvalue weighted by molar-refractivity contribution is -0.540. The van der Waals surface area contributed by atoms with Crippen molar-refractivity contribution in [3.8, 4) is 33.8 Å². The van der Waals surface area contributed by atoms with Gasteiger partial charge in [-0.15, -0.1) is 0 Å². The van der Waals surface area contributed by atoms with Gasteiger partial charge in [0.05, 0.1) is 12.7 Å². The van der Waals surface area contributed by atoms with Gasteiger partial charge in [-0.3, -0.25) is 5.32 Å². The van der Waals surface area contributed by atoms with Crippen LogP contribution in [0.2, 0.25) is 0 Å². The van der Waals surface area contributed by atoms with Crippen molar-refractivity contribution in [1.29, 1.82) is 0 Å². The second-order valence-corrected chi connectivity index (χ2v) is 8.26. The summed E-state index contributed by atoms with van der Waals surface area (Å²) in [5.74, 6) is 1.44. The van der Waals surface area contributed by atoms with Crippen LogP contribution in [0.1, 0.15) is 10.6 Å². The molecule has 164 valence electrons. The highest BCUT2D eigenvalue weighted by Gasteiger charge is 2.44. The first-order chi connectivity index (χ1) is 16.8. The van der Waals surface area contributed by atoms with Crippen molar-refractivity contribution in [2.45, 2.75) is 12.5 Å². The van der Waals surface area contributed by atoms with Gasteiger partial charge in [0.1, 0.15) is 11.5 Å². The fourth-order valence-electron chi connectivity index (χ4n) is 4.50. The fourth-order valence-corrected chi connectivity index (χ4v) is 4.50. The van der Waals surface area contributed by atoms with Crippen LogP contribution in [0.25, 0.3) is 33.8 Å². The molecule has 0 radical (unpaired) electrons. The van der Waals surface area contributed by atoms with E-state index in [-0.39, 0.29) is 5.91 Å². The van der Waals surface area contributed by atoms with E-state index in [4.69, 9.17) is 9.40 Å². The second-order valence-electron chi connectivity index (χ2n) is 8.26. The highest BCUT2D eigenvalue weighted by Crippen LogP contribution is 2.36. The van der Waals surface area contributed by atoms with Crippen molar-refractivity contribution in [2.24, 2.45) is 0 Å². The van der Waals surface area contributed by atoms with Gasteiger partial charge in [0.25, 0.3) is 0 Å². The predicted molar refractivity (Wildman–Crippen MR) is 131 cm³/mol. The average Bonchev–Trinajstić information content (AvgIpc) is 3.53. The van der Waals surface area contributed by atoms with Gasteiger partial charge in [-0.25, -0.2) is 9.78 Å². The molecule has 0 bridgehead atoms. The number of benzene rings is 3. The molecule has 0 saturated carbocycles. The molecule has 1 atom stereocenters. The number of nitrogens with one attached hydrogen (secondary N) is 1. The summed E-state index contributed by atoms with van der Waals surface area (Å²) < 4.78 is 7.35. The average molecular weight is 445 g/mol. The first-order valence-electron chi connectivity index (χ1n) is 11.3. The molecule has 0 spiro atoms. The number of rotatable bonds is 5. The molecule has 0 amide bonds. The van der Waals surface area contributed by atoms with Gasteiger partial charge in [-0.1, -0.05) is 91.0 Å². The zero-order valence-electron chi connectivity index (χ0n) is 18.4. The Morgan fingerprint density at radius 3 is 1.91 bits per heavy atom. The Morgan fingerprint density at radius 2 is 1.32 bits per heavy atom. The molecule has 34 heavy (non-hydrogen) atoms. The zero-order valence-corrected chi connectivity index (χ0v) is 18.4. The van der Waals surface area contributed by atoms with E-state index in [0.717, 1.165) is 39.5 Å². The molecule has 5 nitrogen and oxygen atoms in total. The van der Waals surface area contributed by atoms with Crippen molar-refractivity contribution >= 4 is 11.7 Å². The van der Waals surface area contributed by atoms with Gasteiger partial charge in [-0.2, -0.15) is 4.57 Å². The van der Waals surface area contributed by atoms with Crippen LogP contribution >= 0.6 is 0 Å². The zero-order chi connectivity index (χ0) is 22.9. The van der Waals surface area contributed by atoms with Gasteiger partial charge in [0.15, 0.2) is 11.4 Å². The molecule has 2 aromatic heterocycles. The molecular formula is C29H22N3O2+. The Labute approximate surface area is 197 Å². The molecule has 1 N–H and O–H groups in total. The topological polar surface area (TPSA) is 59.0 Å². The summed E-state index contributed by atoms with van der Waals surface area (Å²) in [5.41, 5.74) is 5.13. The summed E-state index contributed by atoms with van der Waals surface area (Å²) in [6, 6.07) is 33.3. The molecule has 3 heterocycles. The number of nitrogens with zero attached hydrogens (tertiary/aromatic N) is 2. The van der Waals surface area contributed by atoms with E-state index < -0.39 is 6.04 Å². The molecular weight excluding hydrogens is 422 g/mol. The summed E-state index contributed by atoms with van der Waals surface area (Å²) >= 11 is 0. The van der Waals surface area contributed by atoms with Gasteiger partial charge in [-0.05, 0) is 12.1 Å². The van der Waals surface area contributed by atoms with Gasteiger partial charge >= 0.3 is 11.7 Å². The first kappa shape index (κ1) is 20.1. The van der Waals surface area contributed by atoms with Crippen molar-refractivity contribution in [1.82, 2.24) is 4.98 Å².